The fourth-order valence-corrected chi connectivity index (χ4v) is 3.48. The molecular weight excluding hydrogens is 375 g/mol. The molecule has 1 aliphatic heterocycles. The van der Waals surface area contributed by atoms with Gasteiger partial charge in [-0.2, -0.15) is 10.1 Å². The van der Waals surface area contributed by atoms with E-state index >= 15 is 0 Å². The van der Waals surface area contributed by atoms with Crippen LogP contribution in [0.5, 0.6) is 0 Å². The van der Waals surface area contributed by atoms with Crippen LogP contribution in [0.25, 0.3) is 11.2 Å². The average Bonchev–Trinajstić information content (AvgIpc) is 3.08. The number of halogens is 1. The van der Waals surface area contributed by atoms with Crippen molar-refractivity contribution >= 4 is 22.8 Å². The topological polar surface area (TPSA) is 77.4 Å². The van der Waals surface area contributed by atoms with Gasteiger partial charge >= 0.3 is 5.69 Å². The zero-order valence-corrected chi connectivity index (χ0v) is 16.5. The number of aryl methyl sites for hydroxylation is 1. The van der Waals surface area contributed by atoms with Crippen LogP contribution in [0.15, 0.2) is 51.1 Å². The molecule has 0 fully saturated rings. The summed E-state index contributed by atoms with van der Waals surface area (Å²) in [5.74, 6) is 0.0387. The van der Waals surface area contributed by atoms with Gasteiger partial charge in [-0.25, -0.2) is 14.2 Å². The van der Waals surface area contributed by atoms with Crippen molar-refractivity contribution in [2.45, 2.75) is 26.9 Å². The van der Waals surface area contributed by atoms with Crippen LogP contribution in [0.3, 0.4) is 0 Å². The van der Waals surface area contributed by atoms with Crippen molar-refractivity contribution in [3.63, 3.8) is 0 Å². The summed E-state index contributed by atoms with van der Waals surface area (Å²) < 4.78 is 18.3. The summed E-state index contributed by atoms with van der Waals surface area (Å²) >= 11 is 0. The smallest absolute Gasteiger partial charge is 0.297 e. The molecule has 0 N–H and O–H groups in total. The highest BCUT2D eigenvalue weighted by Crippen LogP contribution is 2.23. The normalized spacial score (nSPS) is 13.9. The van der Waals surface area contributed by atoms with Gasteiger partial charge in [0, 0.05) is 12.6 Å². The standard InChI is InChI=1S/C20H21FN6O2/c1-4-5-10-27-19-22-17-16(25(19)11-13(2)23-27)18(28)26(20(29)24(17)3)12-14-8-6-7-9-15(14)21/h4-9H,10-12H2,1-3H3/b5-4+. The molecule has 29 heavy (non-hydrogen) atoms. The second-order valence-electron chi connectivity index (χ2n) is 6.98. The number of benzene rings is 1. The van der Waals surface area contributed by atoms with E-state index in [9.17, 15) is 14.0 Å². The van der Waals surface area contributed by atoms with Crippen molar-refractivity contribution in [2.75, 3.05) is 11.6 Å². The Balaban J connectivity index is 1.94. The maximum absolute atomic E-state index is 14.1. The molecule has 8 nitrogen and oxygen atoms in total. The van der Waals surface area contributed by atoms with Gasteiger partial charge < -0.3 is 0 Å². The van der Waals surface area contributed by atoms with Crippen molar-refractivity contribution < 1.29 is 4.39 Å². The number of aromatic nitrogens is 4. The third-order valence-corrected chi connectivity index (χ3v) is 4.92. The van der Waals surface area contributed by atoms with Crippen LogP contribution in [0.1, 0.15) is 19.4 Å². The molecule has 150 valence electrons. The molecular formula is C20H21FN6O2. The maximum Gasteiger partial charge on any atom is 0.332 e. The van der Waals surface area contributed by atoms with Crippen LogP contribution in [0.2, 0.25) is 0 Å². The van der Waals surface area contributed by atoms with Gasteiger partial charge in [0.15, 0.2) is 11.2 Å². The highest BCUT2D eigenvalue weighted by molar-refractivity contribution is 5.87. The van der Waals surface area contributed by atoms with Crippen LogP contribution in [-0.2, 0) is 20.1 Å². The first-order chi connectivity index (χ1) is 13.9. The quantitative estimate of drug-likeness (QED) is 0.631. The minimum absolute atomic E-state index is 0.149. The summed E-state index contributed by atoms with van der Waals surface area (Å²) in [4.78, 5) is 30.7. The van der Waals surface area contributed by atoms with E-state index in [0.29, 0.717) is 24.6 Å². The first-order valence-corrected chi connectivity index (χ1v) is 9.28. The molecule has 0 spiro atoms. The second-order valence-corrected chi connectivity index (χ2v) is 6.98. The summed E-state index contributed by atoms with van der Waals surface area (Å²) in [5, 5.41) is 6.21. The van der Waals surface area contributed by atoms with Crippen LogP contribution < -0.4 is 16.3 Å². The second kappa shape index (κ2) is 7.16. The number of nitrogens with zero attached hydrogens (tertiary/aromatic N) is 6. The number of allylic oxidation sites excluding steroid dienone is 1. The number of fused-ring (bicyclic) bond motifs is 3. The number of hydrazone groups is 1. The molecule has 0 unspecified atom stereocenters. The van der Waals surface area contributed by atoms with Gasteiger partial charge in [0.25, 0.3) is 5.56 Å². The van der Waals surface area contributed by atoms with E-state index in [4.69, 9.17) is 0 Å². The van der Waals surface area contributed by atoms with Crippen LogP contribution in [0.4, 0.5) is 10.3 Å². The number of hydrogen-bond acceptors (Lipinski definition) is 5. The maximum atomic E-state index is 14.1. The van der Waals surface area contributed by atoms with E-state index in [2.05, 4.69) is 10.1 Å². The molecule has 9 heteroatoms. The van der Waals surface area contributed by atoms with Crippen molar-refractivity contribution in [1.29, 1.82) is 0 Å². The third kappa shape index (κ3) is 3.08. The van der Waals surface area contributed by atoms with E-state index < -0.39 is 17.1 Å². The van der Waals surface area contributed by atoms with Gasteiger partial charge in [0.1, 0.15) is 5.82 Å². The molecule has 0 amide bonds. The van der Waals surface area contributed by atoms with Crippen molar-refractivity contribution in [3.05, 3.63) is 68.6 Å². The minimum atomic E-state index is -0.543. The zero-order valence-electron chi connectivity index (χ0n) is 16.5. The molecule has 0 saturated carbocycles. The number of hydrogen-bond donors (Lipinski definition) is 0. The highest BCUT2D eigenvalue weighted by Gasteiger charge is 2.26. The molecule has 0 saturated heterocycles. The van der Waals surface area contributed by atoms with Gasteiger partial charge in [0.2, 0.25) is 5.95 Å². The van der Waals surface area contributed by atoms with E-state index in [1.54, 1.807) is 34.8 Å². The Kier molecular flexibility index (Phi) is 4.65. The lowest BCUT2D eigenvalue weighted by atomic mass is 10.2. The monoisotopic (exact) mass is 396 g/mol. The van der Waals surface area contributed by atoms with Gasteiger partial charge in [0.05, 0.1) is 25.3 Å². The van der Waals surface area contributed by atoms with Crippen molar-refractivity contribution in [1.82, 2.24) is 18.7 Å². The molecule has 3 heterocycles. The lowest BCUT2D eigenvalue weighted by Crippen LogP contribution is -2.40. The minimum Gasteiger partial charge on any atom is -0.297 e. The largest absolute Gasteiger partial charge is 0.332 e. The molecule has 1 aliphatic rings. The van der Waals surface area contributed by atoms with E-state index in [-0.39, 0.29) is 17.8 Å². The van der Waals surface area contributed by atoms with Crippen LogP contribution in [-0.4, -0.2) is 30.9 Å². The molecule has 0 radical (unpaired) electrons. The Morgan fingerprint density at radius 2 is 2.00 bits per heavy atom. The summed E-state index contributed by atoms with van der Waals surface area (Å²) in [5.41, 5.74) is 0.644. The molecule has 0 bridgehead atoms. The first-order valence-electron chi connectivity index (χ1n) is 9.28. The Morgan fingerprint density at radius 1 is 1.24 bits per heavy atom. The van der Waals surface area contributed by atoms with Gasteiger partial charge in [-0.05, 0) is 19.9 Å². The number of rotatable bonds is 4. The molecule has 1 aromatic carbocycles. The summed E-state index contributed by atoms with van der Waals surface area (Å²) in [6.45, 7) is 4.52. The predicted octanol–water partition coefficient (Wildman–Crippen LogP) is 1.86. The molecule has 0 aliphatic carbocycles. The van der Waals surface area contributed by atoms with Gasteiger partial charge in [-0.15, -0.1) is 0 Å². The van der Waals surface area contributed by atoms with Gasteiger partial charge in [-0.3, -0.25) is 18.5 Å². The Morgan fingerprint density at radius 3 is 2.72 bits per heavy atom. The lowest BCUT2D eigenvalue weighted by molar-refractivity contribution is 0.582. The number of anilines is 1. The van der Waals surface area contributed by atoms with Crippen LogP contribution in [0, 0.1) is 5.82 Å². The molecule has 2 aromatic heterocycles. The number of imidazole rings is 1. The fraction of sp³-hybridized carbons (Fsp3) is 0.300. The first kappa shape index (κ1) is 18.9. The van der Waals surface area contributed by atoms with Crippen molar-refractivity contribution in [3.8, 4) is 0 Å². The summed E-state index contributed by atoms with van der Waals surface area (Å²) in [6, 6.07) is 6.11. The van der Waals surface area contributed by atoms with Crippen molar-refractivity contribution in [2.24, 2.45) is 12.1 Å². The lowest BCUT2D eigenvalue weighted by Gasteiger charge is -2.23. The SMILES string of the molecule is C/C=C/CN1N=C(C)Cn2c1nc1c2c(=O)n(Cc2ccccc2F)c(=O)n1C. The Bertz CT molecular complexity index is 1280. The summed E-state index contributed by atoms with van der Waals surface area (Å²) in [7, 11) is 1.56. The summed E-state index contributed by atoms with van der Waals surface area (Å²) in [6.07, 6.45) is 3.84. The third-order valence-electron chi connectivity index (χ3n) is 4.92. The predicted molar refractivity (Wildman–Crippen MR) is 110 cm³/mol. The zero-order chi connectivity index (χ0) is 20.7. The molecule has 4 rings (SSSR count). The van der Waals surface area contributed by atoms with Crippen LogP contribution >= 0.6 is 0 Å². The van der Waals surface area contributed by atoms with Gasteiger partial charge in [-0.1, -0.05) is 30.4 Å². The van der Waals surface area contributed by atoms with E-state index in [0.717, 1.165) is 10.3 Å². The Hall–Kier alpha value is -3.49. The Labute approximate surface area is 165 Å². The highest BCUT2D eigenvalue weighted by atomic mass is 19.1. The molecule has 3 aromatic rings. The average molecular weight is 396 g/mol. The fourth-order valence-electron chi connectivity index (χ4n) is 3.48. The molecule has 0 atom stereocenters. The van der Waals surface area contributed by atoms with E-state index in [1.165, 1.54) is 10.6 Å². The van der Waals surface area contributed by atoms with E-state index in [1.807, 2.05) is 26.0 Å².